The van der Waals surface area contributed by atoms with Crippen molar-refractivity contribution in [2.24, 2.45) is 43.6 Å². The van der Waals surface area contributed by atoms with E-state index in [1.54, 1.807) is 0 Å². The number of hydrogen-bond donors (Lipinski definition) is 0. The minimum absolute atomic E-state index is 0. The molecule has 9 rings (SSSR count). The standard InChI is InChI=1S/C32H30N8.Sn/c1-2-10-18-17(9-1)25-33-26(18)38-28-21-13-5-6-14-22(21)30(35-28)40-32-24-16-8-7-15-23(24)31(36-32)39-29-20-12-4-3-11-19(20)27(34-29)37-25;/h1-2,7-10,15-16,19-22,27-28H,3-6,11-14H2;/q-4;+4. The van der Waals surface area contributed by atoms with Crippen LogP contribution in [-0.4, -0.2) is 47.9 Å². The second-order valence-corrected chi connectivity index (χ2v) is 12.0. The van der Waals surface area contributed by atoms with Gasteiger partial charge in [0.25, 0.3) is 0 Å². The van der Waals surface area contributed by atoms with Gasteiger partial charge in [0.05, 0.1) is 11.7 Å². The molecule has 8 bridgehead atoms. The van der Waals surface area contributed by atoms with Crippen LogP contribution >= 0.6 is 0 Å². The Bertz CT molecular complexity index is 1710. The predicted molar refractivity (Wildman–Crippen MR) is 162 cm³/mol. The molecule has 5 heterocycles. The topological polar surface area (TPSA) is 106 Å². The molecular formula is C32H30N8Sn. The number of aromatic nitrogens is 2. The van der Waals surface area contributed by atoms with Crippen LogP contribution < -0.4 is 20.9 Å². The fourth-order valence-electron chi connectivity index (χ4n) is 7.82. The molecule has 0 radical (unpaired) electrons. The number of rotatable bonds is 0. The molecular weight excluding hydrogens is 615 g/mol. The summed E-state index contributed by atoms with van der Waals surface area (Å²) in [7, 11) is 0. The van der Waals surface area contributed by atoms with E-state index in [1.807, 2.05) is 0 Å². The van der Waals surface area contributed by atoms with E-state index in [2.05, 4.69) is 48.5 Å². The first-order valence-electron chi connectivity index (χ1n) is 14.9. The molecule has 8 nitrogen and oxygen atoms in total. The number of nitrogens with zero attached hydrogens (tertiary/aromatic N) is 8. The molecule has 0 amide bonds. The Labute approximate surface area is 255 Å². The monoisotopic (exact) mass is 646 g/mol. The minimum Gasteiger partial charge on any atom is -0.695 e. The molecule has 41 heavy (non-hydrogen) atoms. The summed E-state index contributed by atoms with van der Waals surface area (Å²) < 4.78 is 0. The quantitative estimate of drug-likeness (QED) is 0.233. The van der Waals surface area contributed by atoms with Crippen LogP contribution in [0.15, 0.2) is 68.5 Å². The number of benzene rings is 2. The van der Waals surface area contributed by atoms with Gasteiger partial charge in [-0.05, 0) is 60.6 Å². The van der Waals surface area contributed by atoms with Gasteiger partial charge in [-0.1, -0.05) is 85.0 Å². The molecule has 2 aromatic carbocycles. The van der Waals surface area contributed by atoms with Gasteiger partial charge in [-0.3, -0.25) is 11.6 Å². The van der Waals surface area contributed by atoms with Gasteiger partial charge in [-0.2, -0.15) is 0 Å². The Morgan fingerprint density at radius 1 is 0.537 bits per heavy atom. The van der Waals surface area contributed by atoms with Crippen LogP contribution in [0, 0.1) is 23.7 Å². The summed E-state index contributed by atoms with van der Waals surface area (Å²) >= 11 is 0. The molecule has 2 aliphatic carbocycles. The average molecular weight is 645 g/mol. The molecule has 4 aromatic rings. The van der Waals surface area contributed by atoms with E-state index in [4.69, 9.17) is 40.6 Å². The fourth-order valence-corrected chi connectivity index (χ4v) is 7.82. The maximum Gasteiger partial charge on any atom is 4.00 e. The molecule has 2 saturated carbocycles. The molecule has 9 heteroatoms. The largest absolute Gasteiger partial charge is 4.00 e. The van der Waals surface area contributed by atoms with Crippen molar-refractivity contribution >= 4 is 68.8 Å². The summed E-state index contributed by atoms with van der Waals surface area (Å²) in [6.45, 7) is 0. The minimum atomic E-state index is -0.188. The first kappa shape index (κ1) is 25.6. The van der Waals surface area contributed by atoms with Crippen LogP contribution in [0.3, 0.4) is 0 Å². The molecule has 3 aliphatic heterocycles. The molecule has 0 spiro atoms. The maximum atomic E-state index is 5.22. The molecule has 2 fully saturated rings. The van der Waals surface area contributed by atoms with Gasteiger partial charge in [0.2, 0.25) is 0 Å². The van der Waals surface area contributed by atoms with Crippen molar-refractivity contribution in [3.05, 3.63) is 70.1 Å². The summed E-state index contributed by atoms with van der Waals surface area (Å²) in [4.78, 5) is 30.7. The van der Waals surface area contributed by atoms with Crippen LogP contribution in [0.1, 0.15) is 51.4 Å². The van der Waals surface area contributed by atoms with Crippen LogP contribution in [-0.2, 0) is 0 Å². The van der Waals surface area contributed by atoms with E-state index in [9.17, 15) is 0 Å². The predicted octanol–water partition coefficient (Wildman–Crippen LogP) is 5.58. The van der Waals surface area contributed by atoms with Crippen LogP contribution in [0.25, 0.3) is 32.2 Å². The van der Waals surface area contributed by atoms with E-state index < -0.39 is 0 Å². The van der Waals surface area contributed by atoms with Crippen molar-refractivity contribution in [3.63, 3.8) is 0 Å². The third kappa shape index (κ3) is 4.07. The van der Waals surface area contributed by atoms with Crippen molar-refractivity contribution in [2.75, 3.05) is 0 Å². The second-order valence-electron chi connectivity index (χ2n) is 12.0. The SMILES string of the molecule is [Sn+4].c1ccc2c3[n-]c(c2c1)[N-]C1N=C(N=c2[n-]c(c4ccccc24)=NC2=NC([N-]3)C3CCCCC23)C2CCCCC12. The van der Waals surface area contributed by atoms with E-state index >= 15 is 0 Å². The van der Waals surface area contributed by atoms with E-state index in [0.717, 1.165) is 70.5 Å². The van der Waals surface area contributed by atoms with E-state index in [1.165, 1.54) is 25.7 Å². The van der Waals surface area contributed by atoms with E-state index in [-0.39, 0.29) is 36.2 Å². The van der Waals surface area contributed by atoms with Crippen molar-refractivity contribution in [2.45, 2.75) is 63.7 Å². The van der Waals surface area contributed by atoms with Gasteiger partial charge < -0.3 is 40.6 Å². The summed E-state index contributed by atoms with van der Waals surface area (Å²) in [5.41, 5.74) is 1.42. The summed E-state index contributed by atoms with van der Waals surface area (Å²) in [5.74, 6) is 4.52. The first-order chi connectivity index (χ1) is 19.8. The number of amidine groups is 2. The smallest absolute Gasteiger partial charge is 0.695 e. The van der Waals surface area contributed by atoms with Crippen LogP contribution in [0.4, 0.5) is 11.6 Å². The summed E-state index contributed by atoms with van der Waals surface area (Å²) in [5, 5.41) is 14.6. The number of hydrogen-bond acceptors (Lipinski definition) is 4. The summed E-state index contributed by atoms with van der Waals surface area (Å²) in [6, 6.07) is 16.6. The van der Waals surface area contributed by atoms with Crippen molar-refractivity contribution < 1.29 is 0 Å². The molecule has 2 aromatic heterocycles. The van der Waals surface area contributed by atoms with Crippen molar-refractivity contribution in [3.8, 4) is 0 Å². The van der Waals surface area contributed by atoms with Gasteiger partial charge in [0.1, 0.15) is 0 Å². The van der Waals surface area contributed by atoms with Crippen LogP contribution in [0.5, 0.6) is 0 Å². The molecule has 6 unspecified atom stereocenters. The normalized spacial score (nSPS) is 30.0. The Morgan fingerprint density at radius 3 is 1.46 bits per heavy atom. The zero-order valence-electron chi connectivity index (χ0n) is 22.8. The number of fused-ring (bicyclic) bond motifs is 18. The van der Waals surface area contributed by atoms with Crippen molar-refractivity contribution in [1.29, 1.82) is 0 Å². The third-order valence-electron chi connectivity index (χ3n) is 9.79. The molecule has 6 atom stereocenters. The molecule has 0 saturated heterocycles. The van der Waals surface area contributed by atoms with Gasteiger partial charge in [0.15, 0.2) is 0 Å². The Kier molecular flexibility index (Phi) is 6.23. The maximum absolute atomic E-state index is 5.22. The zero-order valence-corrected chi connectivity index (χ0v) is 25.7. The molecule has 0 N–H and O–H groups in total. The average Bonchev–Trinajstić information content (AvgIpc) is 3.73. The Morgan fingerprint density at radius 2 is 0.976 bits per heavy atom. The Hall–Kier alpha value is -3.14. The van der Waals surface area contributed by atoms with E-state index in [0.29, 0.717) is 34.6 Å². The van der Waals surface area contributed by atoms with Gasteiger partial charge in [-0.15, -0.1) is 0 Å². The zero-order chi connectivity index (χ0) is 26.2. The summed E-state index contributed by atoms with van der Waals surface area (Å²) in [6.07, 6.45) is 8.82. The van der Waals surface area contributed by atoms with Crippen LogP contribution in [0.2, 0.25) is 0 Å². The molecule has 202 valence electrons. The van der Waals surface area contributed by atoms with Gasteiger partial charge >= 0.3 is 23.9 Å². The third-order valence-corrected chi connectivity index (χ3v) is 9.79. The van der Waals surface area contributed by atoms with Gasteiger partial charge in [-0.25, -0.2) is 0 Å². The van der Waals surface area contributed by atoms with Gasteiger partial charge in [0, 0.05) is 22.8 Å². The Balaban J connectivity index is 0.00000256. The first-order valence-corrected chi connectivity index (χ1v) is 14.9. The van der Waals surface area contributed by atoms with Crippen molar-refractivity contribution in [1.82, 2.24) is 9.97 Å². The second kappa shape index (κ2) is 10.00. The molecule has 5 aliphatic rings. The fraction of sp³-hybridized carbons (Fsp3) is 0.438. The number of aliphatic imine (C=N–C) groups is 2.